The van der Waals surface area contributed by atoms with Crippen molar-refractivity contribution in [1.82, 2.24) is 5.43 Å². The highest BCUT2D eigenvalue weighted by Crippen LogP contribution is 2.33. The standard InChI is InChI=1S/C23H16Cl2F3N3O3/c24-18-4-2-1-3-15(18)13-34-17-8-5-14(6-9-17)12-29-31-22(33)21(32)30-20-11-16(23(26,27)28)7-10-19(20)25/h1-12H,13H2,(H,30,32)(H,31,33). The summed E-state index contributed by atoms with van der Waals surface area (Å²) >= 11 is 11.9. The number of hydrazone groups is 1. The van der Waals surface area contributed by atoms with E-state index in [9.17, 15) is 22.8 Å². The number of alkyl halides is 3. The van der Waals surface area contributed by atoms with Gasteiger partial charge in [-0.3, -0.25) is 9.59 Å². The molecule has 2 N–H and O–H groups in total. The van der Waals surface area contributed by atoms with E-state index in [4.69, 9.17) is 27.9 Å². The van der Waals surface area contributed by atoms with Crippen molar-refractivity contribution in [2.24, 2.45) is 5.10 Å². The van der Waals surface area contributed by atoms with Gasteiger partial charge in [0.25, 0.3) is 0 Å². The minimum atomic E-state index is -4.63. The summed E-state index contributed by atoms with van der Waals surface area (Å²) < 4.78 is 44.1. The Morgan fingerprint density at radius 3 is 2.32 bits per heavy atom. The molecule has 0 saturated carbocycles. The van der Waals surface area contributed by atoms with Crippen LogP contribution < -0.4 is 15.5 Å². The van der Waals surface area contributed by atoms with Gasteiger partial charge < -0.3 is 10.1 Å². The molecular formula is C23H16Cl2F3N3O3. The summed E-state index contributed by atoms with van der Waals surface area (Å²) in [6.07, 6.45) is -3.36. The largest absolute Gasteiger partial charge is 0.489 e. The van der Waals surface area contributed by atoms with Crippen LogP contribution >= 0.6 is 23.2 Å². The molecule has 0 spiro atoms. The molecule has 0 atom stereocenters. The van der Waals surface area contributed by atoms with Crippen LogP contribution in [0, 0.1) is 0 Å². The molecule has 0 aliphatic carbocycles. The number of hydrogen-bond acceptors (Lipinski definition) is 4. The minimum Gasteiger partial charge on any atom is -0.489 e. The zero-order chi connectivity index (χ0) is 24.7. The van der Waals surface area contributed by atoms with Crippen molar-refractivity contribution in [1.29, 1.82) is 0 Å². The van der Waals surface area contributed by atoms with Crippen molar-refractivity contribution in [2.45, 2.75) is 12.8 Å². The monoisotopic (exact) mass is 509 g/mol. The van der Waals surface area contributed by atoms with E-state index in [-0.39, 0.29) is 17.3 Å². The Morgan fingerprint density at radius 2 is 1.65 bits per heavy atom. The van der Waals surface area contributed by atoms with Gasteiger partial charge in [0, 0.05) is 10.6 Å². The van der Waals surface area contributed by atoms with E-state index in [1.165, 1.54) is 6.21 Å². The fourth-order valence-electron chi connectivity index (χ4n) is 2.62. The van der Waals surface area contributed by atoms with E-state index in [0.29, 0.717) is 22.4 Å². The fourth-order valence-corrected chi connectivity index (χ4v) is 2.97. The van der Waals surface area contributed by atoms with Gasteiger partial charge in [0.05, 0.1) is 22.5 Å². The second kappa shape index (κ2) is 11.0. The number of anilines is 1. The summed E-state index contributed by atoms with van der Waals surface area (Å²) in [5, 5.41) is 6.13. The molecule has 0 unspecified atom stereocenters. The lowest BCUT2D eigenvalue weighted by atomic mass is 10.2. The number of carbonyl (C=O) groups is 2. The molecule has 3 rings (SSSR count). The molecule has 176 valence electrons. The Hall–Kier alpha value is -3.56. The van der Waals surface area contributed by atoms with Crippen molar-refractivity contribution >= 4 is 46.9 Å². The van der Waals surface area contributed by atoms with Gasteiger partial charge in [0.2, 0.25) is 0 Å². The maximum Gasteiger partial charge on any atom is 0.416 e. The van der Waals surface area contributed by atoms with Crippen LogP contribution in [0.1, 0.15) is 16.7 Å². The molecule has 0 heterocycles. The van der Waals surface area contributed by atoms with Crippen LogP contribution in [0.4, 0.5) is 18.9 Å². The van der Waals surface area contributed by atoms with Gasteiger partial charge in [0.1, 0.15) is 12.4 Å². The summed E-state index contributed by atoms with van der Waals surface area (Å²) in [6.45, 7) is 0.286. The number of nitrogens with zero attached hydrogens (tertiary/aromatic N) is 1. The van der Waals surface area contributed by atoms with Crippen molar-refractivity contribution in [2.75, 3.05) is 5.32 Å². The number of carbonyl (C=O) groups excluding carboxylic acids is 2. The summed E-state index contributed by atoms with van der Waals surface area (Å²) in [5.74, 6) is -1.84. The first-order valence-electron chi connectivity index (χ1n) is 9.61. The van der Waals surface area contributed by atoms with Crippen molar-refractivity contribution < 1.29 is 27.5 Å². The van der Waals surface area contributed by atoms with Crippen LogP contribution in [0.3, 0.4) is 0 Å². The third kappa shape index (κ3) is 6.97. The first-order chi connectivity index (χ1) is 16.1. The van der Waals surface area contributed by atoms with Crippen molar-refractivity contribution in [3.63, 3.8) is 0 Å². The molecule has 0 bridgehead atoms. The predicted molar refractivity (Wildman–Crippen MR) is 123 cm³/mol. The van der Waals surface area contributed by atoms with Crippen molar-refractivity contribution in [3.8, 4) is 5.75 Å². The zero-order valence-electron chi connectivity index (χ0n) is 17.2. The van der Waals surface area contributed by atoms with Crippen LogP contribution in [-0.2, 0) is 22.4 Å². The number of rotatable bonds is 6. The Morgan fingerprint density at radius 1 is 0.941 bits per heavy atom. The van der Waals surface area contributed by atoms with Gasteiger partial charge >= 0.3 is 18.0 Å². The van der Waals surface area contributed by atoms with Gasteiger partial charge in [-0.2, -0.15) is 18.3 Å². The molecule has 0 aliphatic heterocycles. The topological polar surface area (TPSA) is 79.8 Å². The molecule has 34 heavy (non-hydrogen) atoms. The summed E-state index contributed by atoms with van der Waals surface area (Å²) in [4.78, 5) is 23.9. The van der Waals surface area contributed by atoms with Gasteiger partial charge in [-0.1, -0.05) is 41.4 Å². The van der Waals surface area contributed by atoms with E-state index in [1.54, 1.807) is 30.3 Å². The molecule has 0 fully saturated rings. The van der Waals surface area contributed by atoms with E-state index in [1.807, 2.05) is 28.9 Å². The molecule has 0 aliphatic rings. The molecule has 6 nitrogen and oxygen atoms in total. The lowest BCUT2D eigenvalue weighted by molar-refractivity contribution is -0.137. The van der Waals surface area contributed by atoms with E-state index < -0.39 is 23.6 Å². The van der Waals surface area contributed by atoms with Crippen LogP contribution in [0.2, 0.25) is 10.0 Å². The molecule has 3 aromatic carbocycles. The fraction of sp³-hybridized carbons (Fsp3) is 0.0870. The summed E-state index contributed by atoms with van der Waals surface area (Å²) in [7, 11) is 0. The minimum absolute atomic E-state index is 0.158. The van der Waals surface area contributed by atoms with Gasteiger partial charge in [-0.05, 0) is 54.1 Å². The van der Waals surface area contributed by atoms with Gasteiger partial charge in [-0.25, -0.2) is 5.43 Å². The van der Waals surface area contributed by atoms with Crippen LogP contribution in [-0.4, -0.2) is 18.0 Å². The van der Waals surface area contributed by atoms with Crippen LogP contribution in [0.25, 0.3) is 0 Å². The van der Waals surface area contributed by atoms with Crippen LogP contribution in [0.5, 0.6) is 5.75 Å². The highest BCUT2D eigenvalue weighted by molar-refractivity contribution is 6.41. The Bertz CT molecular complexity index is 1220. The quantitative estimate of drug-likeness (QED) is 0.255. The SMILES string of the molecule is O=C(NN=Cc1ccc(OCc2ccccc2Cl)cc1)C(=O)Nc1cc(C(F)(F)F)ccc1Cl. The van der Waals surface area contributed by atoms with Crippen LogP contribution in [0.15, 0.2) is 71.8 Å². The second-order valence-corrected chi connectivity index (χ2v) is 7.61. The number of amides is 2. The molecular weight excluding hydrogens is 494 g/mol. The molecule has 3 aromatic rings. The smallest absolute Gasteiger partial charge is 0.416 e. The van der Waals surface area contributed by atoms with E-state index in [0.717, 1.165) is 17.7 Å². The lowest BCUT2D eigenvalue weighted by Gasteiger charge is -2.11. The average molecular weight is 510 g/mol. The number of ether oxygens (including phenoxy) is 1. The number of nitrogens with one attached hydrogen (secondary N) is 2. The number of benzene rings is 3. The van der Waals surface area contributed by atoms with Gasteiger partial charge in [-0.15, -0.1) is 0 Å². The maximum absolute atomic E-state index is 12.8. The third-order valence-electron chi connectivity index (χ3n) is 4.36. The first kappa shape index (κ1) is 25.1. The number of halogens is 5. The van der Waals surface area contributed by atoms with Crippen molar-refractivity contribution in [3.05, 3.63) is 93.5 Å². The maximum atomic E-state index is 12.8. The Balaban J connectivity index is 1.52. The molecule has 11 heteroatoms. The highest BCUT2D eigenvalue weighted by atomic mass is 35.5. The molecule has 2 amide bonds. The highest BCUT2D eigenvalue weighted by Gasteiger charge is 2.31. The third-order valence-corrected chi connectivity index (χ3v) is 5.06. The van der Waals surface area contributed by atoms with E-state index >= 15 is 0 Å². The Kier molecular flexibility index (Phi) is 8.14. The molecule has 0 saturated heterocycles. The summed E-state index contributed by atoms with van der Waals surface area (Å²) in [5.41, 5.74) is 2.04. The molecule has 0 aromatic heterocycles. The second-order valence-electron chi connectivity index (χ2n) is 6.79. The number of hydrogen-bond donors (Lipinski definition) is 2. The lowest BCUT2D eigenvalue weighted by Crippen LogP contribution is -2.32. The zero-order valence-corrected chi connectivity index (χ0v) is 18.7. The normalized spacial score (nSPS) is 11.3. The first-order valence-corrected chi connectivity index (χ1v) is 10.4. The predicted octanol–water partition coefficient (Wildman–Crippen LogP) is 5.68. The van der Waals surface area contributed by atoms with E-state index in [2.05, 4.69) is 5.10 Å². The summed E-state index contributed by atoms with van der Waals surface area (Å²) in [6, 6.07) is 16.4. The molecule has 0 radical (unpaired) electrons. The Labute approximate surface area is 202 Å². The van der Waals surface area contributed by atoms with Gasteiger partial charge in [0.15, 0.2) is 0 Å². The average Bonchev–Trinajstić information content (AvgIpc) is 2.80.